The van der Waals surface area contributed by atoms with Crippen molar-refractivity contribution in [1.29, 1.82) is 0 Å². The van der Waals surface area contributed by atoms with Crippen molar-refractivity contribution in [2.45, 2.75) is 46.4 Å². The molecule has 182 valence electrons. The normalized spacial score (nSPS) is 11.2. The molecule has 0 unspecified atom stereocenters. The van der Waals surface area contributed by atoms with Crippen molar-refractivity contribution < 1.29 is 28.1 Å². The highest BCUT2D eigenvalue weighted by Crippen LogP contribution is 2.42. The lowest BCUT2D eigenvalue weighted by atomic mass is 10.2. The van der Waals surface area contributed by atoms with Gasteiger partial charge in [0.05, 0.1) is 25.3 Å². The van der Waals surface area contributed by atoms with Crippen LogP contribution in [0.3, 0.4) is 0 Å². The van der Waals surface area contributed by atoms with Gasteiger partial charge in [0.25, 0.3) is 0 Å². The number of rotatable bonds is 12. The van der Waals surface area contributed by atoms with Crippen LogP contribution in [0.1, 0.15) is 55.2 Å². The number of carbonyl (C=O) groups excluding carboxylic acids is 2. The Morgan fingerprint density at radius 3 is 2.29 bits per heavy atom. The number of hydrogen-bond donors (Lipinski definition) is 0. The van der Waals surface area contributed by atoms with Gasteiger partial charge in [-0.15, -0.1) is 0 Å². The topological polar surface area (TPSA) is 76.0 Å². The SMILES string of the molecule is CCCCOC(=O)c1cc2cc(CP(OCC)OCC)ccc2n1C(=O)OCc1ccccc1. The molecule has 0 saturated carbocycles. The second-order valence-electron chi connectivity index (χ2n) is 7.61. The lowest BCUT2D eigenvalue weighted by molar-refractivity contribution is 0.0485. The van der Waals surface area contributed by atoms with Crippen molar-refractivity contribution in [3.63, 3.8) is 0 Å². The van der Waals surface area contributed by atoms with Crippen LogP contribution in [-0.2, 0) is 31.3 Å². The quantitative estimate of drug-likeness (QED) is 0.162. The zero-order chi connectivity index (χ0) is 24.3. The van der Waals surface area contributed by atoms with Crippen molar-refractivity contribution >= 4 is 31.3 Å². The van der Waals surface area contributed by atoms with E-state index in [1.165, 1.54) is 4.57 Å². The largest absolute Gasteiger partial charge is 0.461 e. The Kier molecular flexibility index (Phi) is 10.1. The third-order valence-electron chi connectivity index (χ3n) is 5.05. The van der Waals surface area contributed by atoms with Crippen LogP contribution in [0.25, 0.3) is 10.9 Å². The maximum absolute atomic E-state index is 13.1. The smallest absolute Gasteiger partial charge is 0.419 e. The molecule has 0 atom stereocenters. The minimum absolute atomic E-state index is 0.106. The van der Waals surface area contributed by atoms with Gasteiger partial charge >= 0.3 is 12.1 Å². The number of aromatic nitrogens is 1. The lowest BCUT2D eigenvalue weighted by Crippen LogP contribution is -2.20. The van der Waals surface area contributed by atoms with Crippen LogP contribution >= 0.6 is 8.38 Å². The van der Waals surface area contributed by atoms with Crippen LogP contribution in [0.4, 0.5) is 4.79 Å². The first kappa shape index (κ1) is 25.9. The number of nitrogens with zero attached hydrogens (tertiary/aromatic N) is 1. The molecular weight excluding hydrogens is 453 g/mol. The molecule has 1 aromatic heterocycles. The number of benzene rings is 2. The lowest BCUT2D eigenvalue weighted by Gasteiger charge is -2.15. The summed E-state index contributed by atoms with van der Waals surface area (Å²) in [6, 6.07) is 16.8. The van der Waals surface area contributed by atoms with Gasteiger partial charge in [0, 0.05) is 11.5 Å². The first-order valence-electron chi connectivity index (χ1n) is 11.6. The zero-order valence-electron chi connectivity index (χ0n) is 20.0. The van der Waals surface area contributed by atoms with Gasteiger partial charge in [-0.05, 0) is 49.6 Å². The Hall–Kier alpha value is -2.73. The first-order valence-corrected chi connectivity index (χ1v) is 13.0. The molecule has 0 amide bonds. The van der Waals surface area contributed by atoms with Crippen LogP contribution in [0.2, 0.25) is 0 Å². The van der Waals surface area contributed by atoms with E-state index in [1.807, 2.05) is 69.3 Å². The van der Waals surface area contributed by atoms with Gasteiger partial charge in [-0.2, -0.15) is 0 Å². The van der Waals surface area contributed by atoms with E-state index in [2.05, 4.69) is 0 Å². The molecule has 8 heteroatoms. The van der Waals surface area contributed by atoms with Gasteiger partial charge in [-0.1, -0.05) is 49.7 Å². The molecular formula is C26H32NO6P. The molecule has 0 aliphatic heterocycles. The van der Waals surface area contributed by atoms with E-state index in [4.69, 9.17) is 18.5 Å². The number of ether oxygens (including phenoxy) is 2. The van der Waals surface area contributed by atoms with E-state index < -0.39 is 20.4 Å². The van der Waals surface area contributed by atoms with Gasteiger partial charge in [0.2, 0.25) is 0 Å². The minimum atomic E-state index is -1.05. The highest BCUT2D eigenvalue weighted by atomic mass is 31.2. The van der Waals surface area contributed by atoms with E-state index >= 15 is 0 Å². The molecule has 3 aromatic rings. The fourth-order valence-corrected chi connectivity index (χ4v) is 4.77. The summed E-state index contributed by atoms with van der Waals surface area (Å²) in [5.74, 6) is -0.547. The summed E-state index contributed by atoms with van der Waals surface area (Å²) in [7, 11) is -1.05. The molecule has 0 saturated heterocycles. The summed E-state index contributed by atoms with van der Waals surface area (Å²) >= 11 is 0. The van der Waals surface area contributed by atoms with Crippen LogP contribution in [-0.4, -0.2) is 36.5 Å². The fraction of sp³-hybridized carbons (Fsp3) is 0.385. The standard InChI is InChI=1S/C26H32NO6P/c1-4-7-15-30-25(28)24-17-22-16-21(19-34(32-5-2)33-6-3)13-14-23(22)27(24)26(29)31-18-20-11-9-8-10-12-20/h8-14,16-17H,4-7,15,18-19H2,1-3H3. The number of carbonyl (C=O) groups is 2. The van der Waals surface area contributed by atoms with E-state index in [-0.39, 0.29) is 12.3 Å². The average molecular weight is 486 g/mol. The predicted molar refractivity (Wildman–Crippen MR) is 133 cm³/mol. The molecule has 0 bridgehead atoms. The molecule has 0 fully saturated rings. The van der Waals surface area contributed by atoms with Crippen molar-refractivity contribution in [3.05, 3.63) is 71.4 Å². The van der Waals surface area contributed by atoms with Gasteiger partial charge in [-0.25, -0.2) is 14.2 Å². The van der Waals surface area contributed by atoms with Crippen LogP contribution < -0.4 is 0 Å². The molecule has 2 aromatic carbocycles. The molecule has 0 aliphatic carbocycles. The molecule has 0 radical (unpaired) electrons. The number of esters is 1. The van der Waals surface area contributed by atoms with Crippen molar-refractivity contribution in [2.24, 2.45) is 0 Å². The minimum Gasteiger partial charge on any atom is -0.461 e. The maximum atomic E-state index is 13.1. The van der Waals surface area contributed by atoms with Crippen molar-refractivity contribution in [1.82, 2.24) is 4.57 Å². The fourth-order valence-electron chi connectivity index (χ4n) is 3.44. The average Bonchev–Trinajstić information content (AvgIpc) is 3.22. The monoisotopic (exact) mass is 485 g/mol. The Bertz CT molecular complexity index is 1080. The van der Waals surface area contributed by atoms with E-state index in [9.17, 15) is 9.59 Å². The van der Waals surface area contributed by atoms with Gasteiger partial charge in [0.15, 0.2) is 8.38 Å². The zero-order valence-corrected chi connectivity index (χ0v) is 20.9. The second-order valence-corrected chi connectivity index (χ2v) is 9.11. The molecule has 7 nitrogen and oxygen atoms in total. The second kappa shape index (κ2) is 13.2. The first-order chi connectivity index (χ1) is 16.6. The summed E-state index contributed by atoms with van der Waals surface area (Å²) in [4.78, 5) is 25.9. The van der Waals surface area contributed by atoms with E-state index in [0.717, 1.165) is 29.4 Å². The van der Waals surface area contributed by atoms with Gasteiger partial charge in [0.1, 0.15) is 12.3 Å². The van der Waals surface area contributed by atoms with Crippen LogP contribution in [0.15, 0.2) is 54.6 Å². The number of fused-ring (bicyclic) bond motifs is 1. The van der Waals surface area contributed by atoms with Crippen LogP contribution in [0.5, 0.6) is 0 Å². The van der Waals surface area contributed by atoms with Crippen molar-refractivity contribution in [2.75, 3.05) is 19.8 Å². The Morgan fingerprint density at radius 1 is 0.882 bits per heavy atom. The highest BCUT2D eigenvalue weighted by molar-refractivity contribution is 7.46. The maximum Gasteiger partial charge on any atom is 0.419 e. The van der Waals surface area contributed by atoms with Gasteiger partial charge in [-0.3, -0.25) is 0 Å². The molecule has 1 heterocycles. The molecule has 0 aliphatic rings. The summed E-state index contributed by atoms with van der Waals surface area (Å²) in [5.41, 5.74) is 2.60. The third kappa shape index (κ3) is 6.89. The number of unbranched alkanes of at least 4 members (excludes halogenated alkanes) is 1. The third-order valence-corrected chi connectivity index (χ3v) is 6.77. The van der Waals surface area contributed by atoms with Crippen LogP contribution in [0, 0.1) is 0 Å². The molecule has 0 spiro atoms. The Balaban J connectivity index is 1.90. The summed E-state index contributed by atoms with van der Waals surface area (Å²) < 4.78 is 23.7. The summed E-state index contributed by atoms with van der Waals surface area (Å²) in [6.45, 7) is 7.45. The highest BCUT2D eigenvalue weighted by Gasteiger charge is 2.23. The molecule has 3 rings (SSSR count). The predicted octanol–water partition coefficient (Wildman–Crippen LogP) is 6.67. The summed E-state index contributed by atoms with van der Waals surface area (Å²) in [6.07, 6.45) is 1.65. The van der Waals surface area contributed by atoms with E-state index in [1.54, 1.807) is 6.07 Å². The number of hydrogen-bond acceptors (Lipinski definition) is 6. The molecule has 0 N–H and O–H groups in total. The van der Waals surface area contributed by atoms with Gasteiger partial charge < -0.3 is 18.5 Å². The Morgan fingerprint density at radius 2 is 1.62 bits per heavy atom. The van der Waals surface area contributed by atoms with Crippen molar-refractivity contribution in [3.8, 4) is 0 Å². The molecule has 34 heavy (non-hydrogen) atoms. The van der Waals surface area contributed by atoms with E-state index in [0.29, 0.717) is 31.5 Å². The summed E-state index contributed by atoms with van der Waals surface area (Å²) in [5, 5.41) is 0.750. The Labute approximate surface area is 201 Å².